The van der Waals surface area contributed by atoms with E-state index in [2.05, 4.69) is 5.32 Å². The number of hydrogen-bond acceptors (Lipinski definition) is 4. The highest BCUT2D eigenvalue weighted by Crippen LogP contribution is 2.29. The van der Waals surface area contributed by atoms with Gasteiger partial charge in [0.15, 0.2) is 5.75 Å². The molecule has 0 bridgehead atoms. The van der Waals surface area contributed by atoms with Gasteiger partial charge in [0.2, 0.25) is 0 Å². The van der Waals surface area contributed by atoms with Gasteiger partial charge in [-0.2, -0.15) is 0 Å². The van der Waals surface area contributed by atoms with Crippen molar-refractivity contribution in [2.45, 2.75) is 6.92 Å². The summed E-state index contributed by atoms with van der Waals surface area (Å²) in [6, 6.07) is 16.5. The second kappa shape index (κ2) is 8.93. The van der Waals surface area contributed by atoms with Crippen molar-refractivity contribution in [3.05, 3.63) is 54.6 Å². The van der Waals surface area contributed by atoms with Gasteiger partial charge < -0.3 is 24.6 Å². The Labute approximate surface area is 158 Å². The summed E-state index contributed by atoms with van der Waals surface area (Å²) in [5, 5.41) is 2.90. The van der Waals surface area contributed by atoms with Crippen molar-refractivity contribution in [2.75, 3.05) is 38.1 Å². The summed E-state index contributed by atoms with van der Waals surface area (Å²) in [6.45, 7) is 3.93. The smallest absolute Gasteiger partial charge is 0.409 e. The molecule has 27 heavy (non-hydrogen) atoms. The molecular formula is C20H23N3O4. The molecule has 1 aliphatic heterocycles. The fourth-order valence-electron chi connectivity index (χ4n) is 2.78. The van der Waals surface area contributed by atoms with E-state index in [4.69, 9.17) is 9.47 Å². The SMILES string of the molecule is CCOC(=O)N1CCN(C(=O)Nc2ccccc2Oc2ccccc2)CC1. The maximum Gasteiger partial charge on any atom is 0.409 e. The van der Waals surface area contributed by atoms with Crippen LogP contribution in [0.25, 0.3) is 0 Å². The molecule has 142 valence electrons. The first-order valence-corrected chi connectivity index (χ1v) is 8.97. The van der Waals surface area contributed by atoms with Gasteiger partial charge in [-0.3, -0.25) is 0 Å². The molecule has 1 aliphatic rings. The number of carbonyl (C=O) groups excluding carboxylic acids is 2. The summed E-state index contributed by atoms with van der Waals surface area (Å²) in [4.78, 5) is 27.6. The largest absolute Gasteiger partial charge is 0.455 e. The molecule has 0 unspecified atom stereocenters. The predicted molar refractivity (Wildman–Crippen MR) is 102 cm³/mol. The van der Waals surface area contributed by atoms with E-state index in [9.17, 15) is 9.59 Å². The van der Waals surface area contributed by atoms with Gasteiger partial charge in [0.05, 0.1) is 12.3 Å². The van der Waals surface area contributed by atoms with Gasteiger partial charge in [-0.15, -0.1) is 0 Å². The summed E-state index contributed by atoms with van der Waals surface area (Å²) in [7, 11) is 0. The molecule has 1 saturated heterocycles. The topological polar surface area (TPSA) is 71.1 Å². The average Bonchev–Trinajstić information content (AvgIpc) is 2.70. The van der Waals surface area contributed by atoms with Crippen molar-refractivity contribution < 1.29 is 19.1 Å². The number of hydrogen-bond donors (Lipinski definition) is 1. The molecule has 0 radical (unpaired) electrons. The van der Waals surface area contributed by atoms with Crippen molar-refractivity contribution in [1.82, 2.24) is 9.80 Å². The summed E-state index contributed by atoms with van der Waals surface area (Å²) in [6.07, 6.45) is -0.334. The molecule has 0 saturated carbocycles. The van der Waals surface area contributed by atoms with Crippen LogP contribution in [0.15, 0.2) is 54.6 Å². The number of benzene rings is 2. The van der Waals surface area contributed by atoms with Gasteiger partial charge in [-0.1, -0.05) is 30.3 Å². The predicted octanol–water partition coefficient (Wildman–Crippen LogP) is 3.78. The van der Waals surface area contributed by atoms with E-state index >= 15 is 0 Å². The summed E-state index contributed by atoms with van der Waals surface area (Å²) < 4.78 is 10.9. The number of nitrogens with one attached hydrogen (secondary N) is 1. The van der Waals surface area contributed by atoms with E-state index in [0.717, 1.165) is 0 Å². The lowest BCUT2D eigenvalue weighted by molar-refractivity contribution is 0.0868. The number of urea groups is 1. The maximum absolute atomic E-state index is 12.6. The highest BCUT2D eigenvalue weighted by Gasteiger charge is 2.25. The standard InChI is InChI=1S/C20H23N3O4/c1-2-26-20(25)23-14-12-22(13-15-23)19(24)21-17-10-6-7-11-18(17)27-16-8-4-3-5-9-16/h3-11H,2,12-15H2,1H3,(H,21,24). The van der Waals surface area contributed by atoms with Crippen LogP contribution in [-0.2, 0) is 4.74 Å². The highest BCUT2D eigenvalue weighted by molar-refractivity contribution is 5.91. The number of rotatable bonds is 4. The van der Waals surface area contributed by atoms with Crippen LogP contribution in [0.3, 0.4) is 0 Å². The third-order valence-electron chi connectivity index (χ3n) is 4.19. The van der Waals surface area contributed by atoms with Crippen LogP contribution in [-0.4, -0.2) is 54.7 Å². The molecule has 1 fully saturated rings. The van der Waals surface area contributed by atoms with Crippen molar-refractivity contribution in [3.8, 4) is 11.5 Å². The van der Waals surface area contributed by atoms with E-state index in [-0.39, 0.29) is 12.1 Å². The second-order valence-electron chi connectivity index (χ2n) is 6.01. The van der Waals surface area contributed by atoms with Crippen LogP contribution >= 0.6 is 0 Å². The first-order valence-electron chi connectivity index (χ1n) is 8.97. The van der Waals surface area contributed by atoms with Gasteiger partial charge in [-0.05, 0) is 31.2 Å². The molecule has 0 spiro atoms. The van der Waals surface area contributed by atoms with Crippen LogP contribution in [0.4, 0.5) is 15.3 Å². The van der Waals surface area contributed by atoms with Crippen LogP contribution in [0.2, 0.25) is 0 Å². The zero-order valence-electron chi connectivity index (χ0n) is 15.3. The Morgan fingerprint density at radius 3 is 2.26 bits per heavy atom. The monoisotopic (exact) mass is 369 g/mol. The molecule has 1 N–H and O–H groups in total. The summed E-state index contributed by atoms with van der Waals surface area (Å²) >= 11 is 0. The third kappa shape index (κ3) is 4.91. The zero-order valence-corrected chi connectivity index (χ0v) is 15.3. The highest BCUT2D eigenvalue weighted by atomic mass is 16.6. The summed E-state index contributed by atoms with van der Waals surface area (Å²) in [5.41, 5.74) is 0.596. The molecule has 0 atom stereocenters. The van der Waals surface area contributed by atoms with E-state index in [0.29, 0.717) is 50.0 Å². The van der Waals surface area contributed by atoms with Crippen LogP contribution in [0, 0.1) is 0 Å². The molecule has 0 aromatic heterocycles. The fourth-order valence-corrected chi connectivity index (χ4v) is 2.78. The van der Waals surface area contributed by atoms with Crippen molar-refractivity contribution in [1.29, 1.82) is 0 Å². The Kier molecular flexibility index (Phi) is 6.14. The molecule has 0 aliphatic carbocycles. The fraction of sp³-hybridized carbons (Fsp3) is 0.300. The number of carbonyl (C=O) groups is 2. The van der Waals surface area contributed by atoms with E-state index in [1.807, 2.05) is 42.5 Å². The maximum atomic E-state index is 12.6. The van der Waals surface area contributed by atoms with E-state index in [1.165, 1.54) is 0 Å². The Hall–Kier alpha value is -3.22. The van der Waals surface area contributed by atoms with Crippen molar-refractivity contribution in [3.63, 3.8) is 0 Å². The normalized spacial score (nSPS) is 13.8. The molecule has 1 heterocycles. The van der Waals surface area contributed by atoms with Gasteiger partial charge in [0.1, 0.15) is 5.75 Å². The average molecular weight is 369 g/mol. The van der Waals surface area contributed by atoms with Crippen LogP contribution in [0.1, 0.15) is 6.92 Å². The molecule has 3 amide bonds. The quantitative estimate of drug-likeness (QED) is 0.890. The lowest BCUT2D eigenvalue weighted by atomic mass is 10.3. The molecule has 3 rings (SSSR count). The van der Waals surface area contributed by atoms with Crippen molar-refractivity contribution >= 4 is 17.8 Å². The first-order chi connectivity index (χ1) is 13.2. The number of nitrogens with zero attached hydrogens (tertiary/aromatic N) is 2. The molecule has 2 aromatic rings. The van der Waals surface area contributed by atoms with E-state index < -0.39 is 0 Å². The zero-order chi connectivity index (χ0) is 19.1. The van der Waals surface area contributed by atoms with Crippen LogP contribution in [0.5, 0.6) is 11.5 Å². The lowest BCUT2D eigenvalue weighted by Crippen LogP contribution is -2.51. The molecule has 7 nitrogen and oxygen atoms in total. The Morgan fingerprint density at radius 2 is 1.56 bits per heavy atom. The summed E-state index contributed by atoms with van der Waals surface area (Å²) in [5.74, 6) is 1.27. The minimum absolute atomic E-state index is 0.220. The lowest BCUT2D eigenvalue weighted by Gasteiger charge is -2.34. The molecular weight excluding hydrogens is 346 g/mol. The van der Waals surface area contributed by atoms with Gasteiger partial charge in [0.25, 0.3) is 0 Å². The minimum atomic E-state index is -0.334. The minimum Gasteiger partial charge on any atom is -0.455 e. The van der Waals surface area contributed by atoms with Gasteiger partial charge in [-0.25, -0.2) is 9.59 Å². The number of ether oxygens (including phenoxy) is 2. The molecule has 7 heteroatoms. The number of piperazine rings is 1. The Morgan fingerprint density at radius 1 is 0.926 bits per heavy atom. The van der Waals surface area contributed by atoms with Gasteiger partial charge in [0, 0.05) is 26.2 Å². The number of amides is 3. The Bertz CT molecular complexity index is 774. The van der Waals surface area contributed by atoms with Crippen molar-refractivity contribution in [2.24, 2.45) is 0 Å². The number of para-hydroxylation sites is 3. The second-order valence-corrected chi connectivity index (χ2v) is 6.01. The molecule has 2 aromatic carbocycles. The van der Waals surface area contributed by atoms with Crippen LogP contribution < -0.4 is 10.1 Å². The third-order valence-corrected chi connectivity index (χ3v) is 4.19. The first kappa shape index (κ1) is 18.6. The van der Waals surface area contributed by atoms with Gasteiger partial charge >= 0.3 is 12.1 Å². The Balaban J connectivity index is 1.60. The number of anilines is 1. The van der Waals surface area contributed by atoms with E-state index in [1.54, 1.807) is 28.9 Å².